The summed E-state index contributed by atoms with van der Waals surface area (Å²) in [6.45, 7) is 4.38. The van der Waals surface area contributed by atoms with Crippen LogP contribution in [0.2, 0.25) is 0 Å². The van der Waals surface area contributed by atoms with Gasteiger partial charge in [-0.2, -0.15) is 0 Å². The lowest BCUT2D eigenvalue weighted by Crippen LogP contribution is -2.23. The second-order valence-corrected chi connectivity index (χ2v) is 4.88. The number of hydrogen-bond donors (Lipinski definition) is 1. The number of aliphatic hydroxyl groups excluding tert-OH is 1. The fourth-order valence-electron chi connectivity index (χ4n) is 1.24. The molecule has 0 aromatic carbocycles. The highest BCUT2D eigenvalue weighted by molar-refractivity contribution is 9.10. The molecule has 0 aliphatic carbocycles. The van der Waals surface area contributed by atoms with Gasteiger partial charge in [0, 0.05) is 23.0 Å². The van der Waals surface area contributed by atoms with E-state index in [9.17, 15) is 5.11 Å². The zero-order valence-corrected chi connectivity index (χ0v) is 10.2. The van der Waals surface area contributed by atoms with Crippen molar-refractivity contribution in [2.45, 2.75) is 26.7 Å². The van der Waals surface area contributed by atoms with Gasteiger partial charge in [0.2, 0.25) is 0 Å². The summed E-state index contributed by atoms with van der Waals surface area (Å²) in [5.74, 6) is 0. The first-order valence-electron chi connectivity index (χ1n) is 4.81. The van der Waals surface area contributed by atoms with E-state index in [0.717, 1.165) is 23.0 Å². The molecule has 0 spiro atoms. The summed E-state index contributed by atoms with van der Waals surface area (Å²) < 4.78 is 0.989. The monoisotopic (exact) mass is 257 g/mol. The minimum Gasteiger partial charge on any atom is -0.396 e. The summed E-state index contributed by atoms with van der Waals surface area (Å²) in [5, 5.41) is 9.26. The molecule has 0 amide bonds. The molecule has 1 rings (SSSR count). The largest absolute Gasteiger partial charge is 0.396 e. The van der Waals surface area contributed by atoms with E-state index in [1.54, 1.807) is 6.20 Å². The van der Waals surface area contributed by atoms with Gasteiger partial charge >= 0.3 is 0 Å². The Morgan fingerprint density at radius 3 is 2.64 bits per heavy atom. The zero-order chi connectivity index (χ0) is 10.6. The van der Waals surface area contributed by atoms with E-state index in [1.165, 1.54) is 0 Å². The number of aliphatic hydroxyl groups is 1. The standard InChI is InChI=1S/C11H16BrNO/c1-3-11(2,8-14)6-10-5-4-9(12)7-13-10/h4-5,7,14H,3,6,8H2,1-2H3. The highest BCUT2D eigenvalue weighted by atomic mass is 79.9. The lowest BCUT2D eigenvalue weighted by atomic mass is 9.83. The van der Waals surface area contributed by atoms with E-state index in [0.29, 0.717) is 0 Å². The van der Waals surface area contributed by atoms with E-state index in [4.69, 9.17) is 0 Å². The second-order valence-electron chi connectivity index (χ2n) is 3.97. The molecule has 78 valence electrons. The first-order chi connectivity index (χ1) is 6.59. The van der Waals surface area contributed by atoms with Gasteiger partial charge in [0.1, 0.15) is 0 Å². The molecule has 0 aliphatic heterocycles. The van der Waals surface area contributed by atoms with Crippen molar-refractivity contribution in [2.24, 2.45) is 5.41 Å². The minimum atomic E-state index is -0.0408. The normalized spacial score (nSPS) is 15.1. The number of aromatic nitrogens is 1. The molecule has 1 unspecified atom stereocenters. The van der Waals surface area contributed by atoms with Crippen LogP contribution >= 0.6 is 15.9 Å². The van der Waals surface area contributed by atoms with Gasteiger partial charge in [-0.3, -0.25) is 4.98 Å². The molecule has 1 atom stereocenters. The predicted molar refractivity (Wildman–Crippen MR) is 61.1 cm³/mol. The first kappa shape index (κ1) is 11.7. The van der Waals surface area contributed by atoms with E-state index in [-0.39, 0.29) is 12.0 Å². The molecule has 2 nitrogen and oxygen atoms in total. The Bertz CT molecular complexity index is 280. The van der Waals surface area contributed by atoms with Crippen LogP contribution in [0.4, 0.5) is 0 Å². The maximum Gasteiger partial charge on any atom is 0.0488 e. The Morgan fingerprint density at radius 2 is 2.21 bits per heavy atom. The van der Waals surface area contributed by atoms with Crippen molar-refractivity contribution < 1.29 is 5.11 Å². The van der Waals surface area contributed by atoms with Crippen molar-refractivity contribution in [1.29, 1.82) is 0 Å². The van der Waals surface area contributed by atoms with Crippen LogP contribution in [-0.2, 0) is 6.42 Å². The van der Waals surface area contributed by atoms with Gasteiger partial charge in [0.05, 0.1) is 0 Å². The Balaban J connectivity index is 2.72. The fourth-order valence-corrected chi connectivity index (χ4v) is 1.48. The highest BCUT2D eigenvalue weighted by Gasteiger charge is 2.21. The van der Waals surface area contributed by atoms with Gasteiger partial charge in [0.15, 0.2) is 0 Å². The summed E-state index contributed by atoms with van der Waals surface area (Å²) in [6.07, 6.45) is 3.58. The van der Waals surface area contributed by atoms with Crippen molar-refractivity contribution in [1.82, 2.24) is 4.98 Å². The molecule has 3 heteroatoms. The van der Waals surface area contributed by atoms with Gasteiger partial charge in [0.25, 0.3) is 0 Å². The topological polar surface area (TPSA) is 33.1 Å². The fraction of sp³-hybridized carbons (Fsp3) is 0.545. The van der Waals surface area contributed by atoms with Crippen LogP contribution in [0, 0.1) is 5.41 Å². The third-order valence-corrected chi connectivity index (χ3v) is 3.10. The van der Waals surface area contributed by atoms with Crippen molar-refractivity contribution in [3.63, 3.8) is 0 Å². The molecule has 0 bridgehead atoms. The Hall–Kier alpha value is -0.410. The Kier molecular flexibility index (Phi) is 4.08. The molecule has 14 heavy (non-hydrogen) atoms. The van der Waals surface area contributed by atoms with Gasteiger partial charge in [-0.1, -0.05) is 13.8 Å². The third-order valence-electron chi connectivity index (χ3n) is 2.63. The van der Waals surface area contributed by atoms with E-state index < -0.39 is 0 Å². The maximum atomic E-state index is 9.26. The highest BCUT2D eigenvalue weighted by Crippen LogP contribution is 2.25. The molecule has 0 saturated heterocycles. The van der Waals surface area contributed by atoms with E-state index in [2.05, 4.69) is 34.8 Å². The Labute approximate surface area is 93.5 Å². The molecule has 0 aliphatic rings. The number of pyridine rings is 1. The molecule has 1 aromatic heterocycles. The van der Waals surface area contributed by atoms with Crippen LogP contribution in [0.15, 0.2) is 22.8 Å². The third kappa shape index (κ3) is 3.07. The van der Waals surface area contributed by atoms with Gasteiger partial charge < -0.3 is 5.11 Å². The molecule has 0 saturated carbocycles. The van der Waals surface area contributed by atoms with E-state index >= 15 is 0 Å². The van der Waals surface area contributed by atoms with Gasteiger partial charge in [-0.05, 0) is 46.3 Å². The lowest BCUT2D eigenvalue weighted by molar-refractivity contribution is 0.136. The van der Waals surface area contributed by atoms with Crippen LogP contribution < -0.4 is 0 Å². The van der Waals surface area contributed by atoms with Crippen LogP contribution in [-0.4, -0.2) is 16.7 Å². The number of nitrogens with zero attached hydrogens (tertiary/aromatic N) is 1. The summed E-state index contributed by atoms with van der Waals surface area (Å²) in [6, 6.07) is 3.98. The zero-order valence-electron chi connectivity index (χ0n) is 8.63. The van der Waals surface area contributed by atoms with Gasteiger partial charge in [-0.25, -0.2) is 0 Å². The molecule has 0 radical (unpaired) electrons. The van der Waals surface area contributed by atoms with Gasteiger partial charge in [-0.15, -0.1) is 0 Å². The lowest BCUT2D eigenvalue weighted by Gasteiger charge is -2.24. The summed E-state index contributed by atoms with van der Waals surface area (Å²) in [7, 11) is 0. The van der Waals surface area contributed by atoms with Crippen LogP contribution in [0.3, 0.4) is 0 Å². The summed E-state index contributed by atoms with van der Waals surface area (Å²) in [5.41, 5.74) is 0.993. The van der Waals surface area contributed by atoms with Crippen LogP contribution in [0.25, 0.3) is 0 Å². The molecular weight excluding hydrogens is 242 g/mol. The number of hydrogen-bond acceptors (Lipinski definition) is 2. The molecule has 1 aromatic rings. The molecule has 1 N–H and O–H groups in total. The maximum absolute atomic E-state index is 9.26. The second kappa shape index (κ2) is 4.89. The Morgan fingerprint density at radius 1 is 1.50 bits per heavy atom. The average molecular weight is 258 g/mol. The van der Waals surface area contributed by atoms with Crippen molar-refractivity contribution in [2.75, 3.05) is 6.61 Å². The van der Waals surface area contributed by atoms with Crippen LogP contribution in [0.5, 0.6) is 0 Å². The smallest absolute Gasteiger partial charge is 0.0488 e. The van der Waals surface area contributed by atoms with Crippen molar-refractivity contribution in [3.05, 3.63) is 28.5 Å². The van der Waals surface area contributed by atoms with Crippen molar-refractivity contribution in [3.8, 4) is 0 Å². The van der Waals surface area contributed by atoms with Crippen LogP contribution in [0.1, 0.15) is 26.0 Å². The molecule has 1 heterocycles. The number of halogens is 1. The average Bonchev–Trinajstić information content (AvgIpc) is 2.21. The number of rotatable bonds is 4. The quantitative estimate of drug-likeness (QED) is 0.900. The SMILES string of the molecule is CCC(C)(CO)Cc1ccc(Br)cn1. The van der Waals surface area contributed by atoms with Crippen molar-refractivity contribution >= 4 is 15.9 Å². The minimum absolute atomic E-state index is 0.0408. The summed E-state index contributed by atoms with van der Waals surface area (Å²) >= 11 is 3.35. The molecule has 0 fully saturated rings. The molecular formula is C11H16BrNO. The predicted octanol–water partition coefficient (Wildman–Crippen LogP) is 2.80. The van der Waals surface area contributed by atoms with E-state index in [1.807, 2.05) is 12.1 Å². The summed E-state index contributed by atoms with van der Waals surface area (Å²) in [4.78, 5) is 4.30. The first-order valence-corrected chi connectivity index (χ1v) is 5.60.